The minimum Gasteiger partial charge on any atom is -0.394 e. The lowest BCUT2D eigenvalue weighted by atomic mass is 9.89. The Hall–Kier alpha value is -0.0900. The monoisotopic (exact) mass is 299 g/mol. The lowest BCUT2D eigenvalue weighted by molar-refractivity contribution is -0.296. The average Bonchev–Trinajstić information content (AvgIpc) is 2.30. The molecule has 1 aliphatic heterocycles. The molecule has 1 aliphatic rings. The molecular weight excluding hydrogens is 286 g/mol. The predicted octanol–water partition coefficient (Wildman–Crippen LogP) is -2.92. The number of ketones is 1. The van der Waals surface area contributed by atoms with E-state index < -0.39 is 42.5 Å². The van der Waals surface area contributed by atoms with Crippen molar-refractivity contribution < 1.29 is 30.0 Å². The molecule has 94 valence electrons. The quantitative estimate of drug-likeness (QED) is 0.353. The van der Waals surface area contributed by atoms with Gasteiger partial charge in [0, 0.05) is 0 Å². The standard InChI is InChI=1S/C8H14BrNO6/c9-1-4(12)8(15)7(10)6(14)5(13)3(2-11)16-8/h3,5-7,11,13-15H,1-2,10H2/t3-,5-,6+,7+,8?/m1/s1. The first-order chi connectivity index (χ1) is 7.38. The van der Waals surface area contributed by atoms with Crippen LogP contribution < -0.4 is 5.73 Å². The van der Waals surface area contributed by atoms with Crippen molar-refractivity contribution in [1.29, 1.82) is 0 Å². The van der Waals surface area contributed by atoms with Crippen LogP contribution in [0.1, 0.15) is 0 Å². The molecule has 0 bridgehead atoms. The highest BCUT2D eigenvalue weighted by molar-refractivity contribution is 9.09. The van der Waals surface area contributed by atoms with Crippen LogP contribution in [0.3, 0.4) is 0 Å². The number of hydrogen-bond acceptors (Lipinski definition) is 7. The number of Topliss-reactive ketones (excluding diaryl/α,β-unsaturated/α-hetero) is 1. The maximum atomic E-state index is 11.4. The van der Waals surface area contributed by atoms with Crippen molar-refractivity contribution in [3.05, 3.63) is 0 Å². The first-order valence-electron chi connectivity index (χ1n) is 4.60. The van der Waals surface area contributed by atoms with E-state index in [-0.39, 0.29) is 5.33 Å². The normalized spacial score (nSPS) is 44.4. The largest absolute Gasteiger partial charge is 0.394 e. The van der Waals surface area contributed by atoms with Crippen LogP contribution in [0.5, 0.6) is 0 Å². The van der Waals surface area contributed by atoms with Gasteiger partial charge in [-0.15, -0.1) is 0 Å². The molecule has 0 saturated carbocycles. The zero-order valence-corrected chi connectivity index (χ0v) is 9.87. The summed E-state index contributed by atoms with van der Waals surface area (Å²) in [6.07, 6.45) is -4.27. The fourth-order valence-corrected chi connectivity index (χ4v) is 1.94. The fourth-order valence-electron chi connectivity index (χ4n) is 1.54. The summed E-state index contributed by atoms with van der Waals surface area (Å²) in [5.41, 5.74) is 5.43. The summed E-state index contributed by atoms with van der Waals surface area (Å²) in [6.45, 7) is -0.650. The topological polar surface area (TPSA) is 133 Å². The number of nitrogens with two attached hydrogens (primary N) is 1. The van der Waals surface area contributed by atoms with E-state index in [0.29, 0.717) is 0 Å². The minimum absolute atomic E-state index is 0.224. The van der Waals surface area contributed by atoms with Gasteiger partial charge in [0.25, 0.3) is 0 Å². The predicted molar refractivity (Wildman–Crippen MR) is 55.7 cm³/mol. The number of aliphatic hydroxyl groups excluding tert-OH is 3. The van der Waals surface area contributed by atoms with Crippen molar-refractivity contribution in [2.24, 2.45) is 5.73 Å². The molecular formula is C8H14BrNO6. The molecule has 8 heteroatoms. The van der Waals surface area contributed by atoms with Crippen LogP contribution >= 0.6 is 15.9 Å². The molecule has 7 nitrogen and oxygen atoms in total. The van der Waals surface area contributed by atoms with Crippen molar-refractivity contribution >= 4 is 21.7 Å². The van der Waals surface area contributed by atoms with Crippen molar-refractivity contribution in [1.82, 2.24) is 0 Å². The first-order valence-corrected chi connectivity index (χ1v) is 5.72. The molecule has 0 aromatic heterocycles. The number of rotatable bonds is 3. The van der Waals surface area contributed by atoms with Gasteiger partial charge in [-0.2, -0.15) is 0 Å². The van der Waals surface area contributed by atoms with Gasteiger partial charge in [-0.05, 0) is 0 Å². The van der Waals surface area contributed by atoms with Crippen LogP contribution in [0.4, 0.5) is 0 Å². The molecule has 5 atom stereocenters. The van der Waals surface area contributed by atoms with Crippen LogP contribution in [0, 0.1) is 0 Å². The number of hydrogen-bond donors (Lipinski definition) is 5. The van der Waals surface area contributed by atoms with E-state index >= 15 is 0 Å². The molecule has 0 spiro atoms. The van der Waals surface area contributed by atoms with Gasteiger partial charge in [0.1, 0.15) is 18.3 Å². The SMILES string of the molecule is N[C@H]1[C@@H](O)[C@H](O)[C@@H](CO)OC1(O)C(=O)CBr. The summed E-state index contributed by atoms with van der Waals surface area (Å²) in [5.74, 6) is -3.19. The third kappa shape index (κ3) is 2.14. The van der Waals surface area contributed by atoms with E-state index in [1.54, 1.807) is 0 Å². The van der Waals surface area contributed by atoms with E-state index in [1.807, 2.05) is 0 Å². The summed E-state index contributed by atoms with van der Waals surface area (Å²) >= 11 is 2.84. The highest BCUT2D eigenvalue weighted by atomic mass is 79.9. The maximum absolute atomic E-state index is 11.4. The average molecular weight is 300 g/mol. The Morgan fingerprint density at radius 2 is 2.00 bits per heavy atom. The second kappa shape index (κ2) is 5.05. The van der Waals surface area contributed by atoms with E-state index in [0.717, 1.165) is 0 Å². The number of halogens is 1. The number of ether oxygens (including phenoxy) is 1. The van der Waals surface area contributed by atoms with Gasteiger partial charge in [-0.1, -0.05) is 15.9 Å². The summed E-state index contributed by atoms with van der Waals surface area (Å²) < 4.78 is 4.86. The first kappa shape index (κ1) is 14.0. The van der Waals surface area contributed by atoms with Crippen molar-refractivity contribution in [2.75, 3.05) is 11.9 Å². The number of carbonyl (C=O) groups excluding carboxylic acids is 1. The summed E-state index contributed by atoms with van der Waals surface area (Å²) in [7, 11) is 0. The molecule has 1 rings (SSSR count). The van der Waals surface area contributed by atoms with E-state index in [9.17, 15) is 20.1 Å². The van der Waals surface area contributed by atoms with Crippen molar-refractivity contribution in [3.8, 4) is 0 Å². The summed E-state index contributed by atoms with van der Waals surface area (Å²) in [4.78, 5) is 11.4. The smallest absolute Gasteiger partial charge is 0.246 e. The van der Waals surface area contributed by atoms with Gasteiger partial charge in [0.05, 0.1) is 18.0 Å². The lowest BCUT2D eigenvalue weighted by Crippen LogP contribution is -2.71. The number of aliphatic hydroxyl groups is 4. The molecule has 1 saturated heterocycles. The van der Waals surface area contributed by atoms with Gasteiger partial charge in [0.2, 0.25) is 11.6 Å². The minimum atomic E-state index is -2.41. The zero-order chi connectivity index (χ0) is 12.5. The van der Waals surface area contributed by atoms with Crippen LogP contribution in [0.15, 0.2) is 0 Å². The van der Waals surface area contributed by atoms with Gasteiger partial charge in [0.15, 0.2) is 0 Å². The summed E-state index contributed by atoms with van der Waals surface area (Å²) in [6, 6.07) is -1.48. The van der Waals surface area contributed by atoms with Gasteiger partial charge in [-0.3, -0.25) is 4.79 Å². The maximum Gasteiger partial charge on any atom is 0.246 e. The van der Waals surface area contributed by atoms with Gasteiger partial charge >= 0.3 is 0 Å². The number of carbonyl (C=O) groups is 1. The molecule has 0 aliphatic carbocycles. The number of alkyl halides is 1. The Morgan fingerprint density at radius 3 is 2.44 bits per heavy atom. The third-order valence-electron chi connectivity index (χ3n) is 2.58. The molecule has 0 amide bonds. The van der Waals surface area contributed by atoms with Crippen LogP contribution in [-0.4, -0.2) is 68.3 Å². The van der Waals surface area contributed by atoms with E-state index in [4.69, 9.17) is 15.6 Å². The van der Waals surface area contributed by atoms with Crippen LogP contribution in [0.25, 0.3) is 0 Å². The molecule has 1 heterocycles. The Labute approximate surface area is 99.9 Å². The van der Waals surface area contributed by atoms with Crippen LogP contribution in [-0.2, 0) is 9.53 Å². The second-order valence-electron chi connectivity index (χ2n) is 3.60. The third-order valence-corrected chi connectivity index (χ3v) is 3.09. The Kier molecular flexibility index (Phi) is 4.41. The Balaban J connectivity index is 2.98. The Morgan fingerprint density at radius 1 is 1.44 bits per heavy atom. The highest BCUT2D eigenvalue weighted by Gasteiger charge is 2.55. The van der Waals surface area contributed by atoms with Crippen molar-refractivity contribution in [2.45, 2.75) is 30.1 Å². The summed E-state index contributed by atoms with van der Waals surface area (Å²) in [5, 5.41) is 37.5. The fraction of sp³-hybridized carbons (Fsp3) is 0.875. The van der Waals surface area contributed by atoms with Crippen molar-refractivity contribution in [3.63, 3.8) is 0 Å². The highest BCUT2D eigenvalue weighted by Crippen LogP contribution is 2.28. The zero-order valence-electron chi connectivity index (χ0n) is 8.28. The second-order valence-corrected chi connectivity index (χ2v) is 4.16. The molecule has 16 heavy (non-hydrogen) atoms. The Bertz CT molecular complexity index is 275. The molecule has 1 fully saturated rings. The van der Waals surface area contributed by atoms with E-state index in [2.05, 4.69) is 15.9 Å². The molecule has 0 aromatic rings. The molecule has 6 N–H and O–H groups in total. The molecule has 0 aromatic carbocycles. The van der Waals surface area contributed by atoms with Crippen LogP contribution in [0.2, 0.25) is 0 Å². The van der Waals surface area contributed by atoms with E-state index in [1.165, 1.54) is 0 Å². The lowest BCUT2D eigenvalue weighted by Gasteiger charge is -2.44. The van der Waals surface area contributed by atoms with Gasteiger partial charge in [-0.25, -0.2) is 0 Å². The molecule has 0 radical (unpaired) electrons. The van der Waals surface area contributed by atoms with Gasteiger partial charge < -0.3 is 30.9 Å². The molecule has 1 unspecified atom stereocenters.